The summed E-state index contributed by atoms with van der Waals surface area (Å²) in [5, 5.41) is -0.370. The lowest BCUT2D eigenvalue weighted by atomic mass is 10.2. The topological polar surface area (TPSA) is 63.4 Å². The number of hydrogen-bond donors (Lipinski definition) is 2. The second-order valence-electron chi connectivity index (χ2n) is 4.05. The highest BCUT2D eigenvalue weighted by atomic mass is 32.1. The third kappa shape index (κ3) is 3.41. The fraction of sp³-hybridized carbons (Fsp3) is 0.800. The first-order chi connectivity index (χ1) is 7.02. The van der Waals surface area contributed by atoms with Crippen LogP contribution in [0.2, 0.25) is 0 Å². The van der Waals surface area contributed by atoms with Gasteiger partial charge in [0, 0.05) is 6.04 Å². The number of hydrogen-bond acceptors (Lipinski definition) is 3. The van der Waals surface area contributed by atoms with Crippen LogP contribution in [0.3, 0.4) is 0 Å². The van der Waals surface area contributed by atoms with E-state index in [0.717, 1.165) is 25.7 Å². The number of carbonyl (C=O) groups excluding carboxylic acids is 2. The van der Waals surface area contributed by atoms with Gasteiger partial charge in [-0.15, -0.1) is 0 Å². The molecule has 0 bridgehead atoms. The fourth-order valence-electron chi connectivity index (χ4n) is 2.01. The Bertz CT molecular complexity index is 250. The first-order valence-corrected chi connectivity index (χ1v) is 5.81. The lowest BCUT2D eigenvalue weighted by molar-refractivity contribution is -0.136. The van der Waals surface area contributed by atoms with E-state index in [4.69, 9.17) is 5.73 Å². The van der Waals surface area contributed by atoms with E-state index in [1.54, 1.807) is 11.8 Å². The van der Waals surface area contributed by atoms with Crippen molar-refractivity contribution in [3.63, 3.8) is 0 Å². The normalized spacial score (nSPS) is 18.8. The Morgan fingerprint density at radius 3 is 2.40 bits per heavy atom. The zero-order chi connectivity index (χ0) is 11.4. The molecule has 0 spiro atoms. The number of primary amides is 1. The van der Waals surface area contributed by atoms with Crippen LogP contribution in [0.5, 0.6) is 0 Å². The molecule has 86 valence electrons. The minimum atomic E-state index is -0.454. The van der Waals surface area contributed by atoms with Gasteiger partial charge in [0.05, 0.1) is 11.8 Å². The molecule has 2 amide bonds. The summed E-state index contributed by atoms with van der Waals surface area (Å²) in [5.74, 6) is -0.548. The van der Waals surface area contributed by atoms with Crippen LogP contribution in [0, 0.1) is 0 Å². The van der Waals surface area contributed by atoms with Gasteiger partial charge in [-0.05, 0) is 19.8 Å². The molecule has 0 heterocycles. The Hall–Kier alpha value is -0.710. The molecule has 1 saturated carbocycles. The summed E-state index contributed by atoms with van der Waals surface area (Å²) >= 11 is 4.10. The van der Waals surface area contributed by atoms with Crippen LogP contribution >= 0.6 is 12.6 Å². The van der Waals surface area contributed by atoms with Crippen LogP contribution in [0.25, 0.3) is 0 Å². The second kappa shape index (κ2) is 5.39. The Labute approximate surface area is 95.6 Å². The fourth-order valence-corrected chi connectivity index (χ4v) is 2.16. The first kappa shape index (κ1) is 12.4. The van der Waals surface area contributed by atoms with Gasteiger partial charge in [-0.3, -0.25) is 9.59 Å². The minimum absolute atomic E-state index is 0.0222. The molecule has 0 aromatic heterocycles. The van der Waals surface area contributed by atoms with Gasteiger partial charge in [0.15, 0.2) is 0 Å². The van der Waals surface area contributed by atoms with Gasteiger partial charge in [0.2, 0.25) is 11.8 Å². The zero-order valence-corrected chi connectivity index (χ0v) is 9.87. The van der Waals surface area contributed by atoms with Gasteiger partial charge in [0.1, 0.15) is 0 Å². The van der Waals surface area contributed by atoms with Crippen molar-refractivity contribution in [2.45, 2.75) is 43.9 Å². The first-order valence-electron chi connectivity index (χ1n) is 5.29. The van der Waals surface area contributed by atoms with Crippen molar-refractivity contribution in [3.05, 3.63) is 0 Å². The van der Waals surface area contributed by atoms with Crippen molar-refractivity contribution < 1.29 is 9.59 Å². The Morgan fingerprint density at radius 1 is 1.47 bits per heavy atom. The molecule has 5 heteroatoms. The van der Waals surface area contributed by atoms with E-state index in [0.29, 0.717) is 0 Å². The number of rotatable bonds is 4. The molecule has 1 aliphatic rings. The van der Waals surface area contributed by atoms with Gasteiger partial charge in [-0.25, -0.2) is 0 Å². The molecule has 0 aliphatic heterocycles. The Kier molecular flexibility index (Phi) is 4.45. The number of amides is 2. The standard InChI is InChI=1S/C10H18N2O2S/c1-7(15)10(14)12(6-9(11)13)8-4-2-3-5-8/h7-8,15H,2-6H2,1H3,(H2,11,13). The second-order valence-corrected chi connectivity index (χ2v) is 4.82. The molecule has 4 nitrogen and oxygen atoms in total. The predicted octanol–water partition coefficient (Wildman–Crippen LogP) is 0.561. The molecule has 1 aliphatic carbocycles. The monoisotopic (exact) mass is 230 g/mol. The summed E-state index contributed by atoms with van der Waals surface area (Å²) < 4.78 is 0. The van der Waals surface area contributed by atoms with Gasteiger partial charge in [-0.1, -0.05) is 12.8 Å². The maximum absolute atomic E-state index is 11.8. The lowest BCUT2D eigenvalue weighted by Crippen LogP contribution is -2.46. The largest absolute Gasteiger partial charge is 0.368 e. The van der Waals surface area contributed by atoms with E-state index in [1.165, 1.54) is 0 Å². The molecular weight excluding hydrogens is 212 g/mol. The molecule has 1 atom stereocenters. The summed E-state index contributed by atoms with van der Waals surface area (Å²) in [6, 6.07) is 0.180. The third-order valence-corrected chi connectivity index (χ3v) is 2.95. The van der Waals surface area contributed by atoms with E-state index >= 15 is 0 Å². The third-order valence-electron chi connectivity index (χ3n) is 2.73. The highest BCUT2D eigenvalue weighted by Gasteiger charge is 2.29. The SMILES string of the molecule is CC(S)C(=O)N(CC(N)=O)C1CCCC1. The van der Waals surface area contributed by atoms with Crippen LogP contribution in [-0.2, 0) is 9.59 Å². The highest BCUT2D eigenvalue weighted by Crippen LogP contribution is 2.24. The maximum Gasteiger partial charge on any atom is 0.237 e. The summed E-state index contributed by atoms with van der Waals surface area (Å²) in [5.41, 5.74) is 5.14. The van der Waals surface area contributed by atoms with Crippen molar-refractivity contribution in [2.75, 3.05) is 6.54 Å². The van der Waals surface area contributed by atoms with Crippen molar-refractivity contribution in [1.29, 1.82) is 0 Å². The molecule has 1 unspecified atom stereocenters. The van der Waals surface area contributed by atoms with Gasteiger partial charge in [-0.2, -0.15) is 12.6 Å². The summed E-state index contributed by atoms with van der Waals surface area (Å²) in [6.45, 7) is 1.74. The predicted molar refractivity (Wildman–Crippen MR) is 61.6 cm³/mol. The number of carbonyl (C=O) groups is 2. The molecule has 0 radical (unpaired) electrons. The van der Waals surface area contributed by atoms with E-state index in [-0.39, 0.29) is 23.7 Å². The van der Waals surface area contributed by atoms with Crippen LogP contribution in [0.1, 0.15) is 32.6 Å². The van der Waals surface area contributed by atoms with Gasteiger partial charge >= 0.3 is 0 Å². The van der Waals surface area contributed by atoms with Crippen LogP contribution in [-0.4, -0.2) is 34.6 Å². The lowest BCUT2D eigenvalue weighted by Gasteiger charge is -2.29. The number of nitrogens with zero attached hydrogens (tertiary/aromatic N) is 1. The van der Waals surface area contributed by atoms with Crippen molar-refractivity contribution >= 4 is 24.4 Å². The van der Waals surface area contributed by atoms with E-state index in [9.17, 15) is 9.59 Å². The molecule has 1 fully saturated rings. The molecule has 0 aromatic carbocycles. The average molecular weight is 230 g/mol. The maximum atomic E-state index is 11.8. The minimum Gasteiger partial charge on any atom is -0.368 e. The number of thiol groups is 1. The Morgan fingerprint density at radius 2 is 2.00 bits per heavy atom. The average Bonchev–Trinajstić information content (AvgIpc) is 2.65. The van der Waals surface area contributed by atoms with E-state index in [2.05, 4.69) is 12.6 Å². The van der Waals surface area contributed by atoms with Crippen LogP contribution in [0.4, 0.5) is 0 Å². The van der Waals surface area contributed by atoms with Crippen LogP contribution in [0.15, 0.2) is 0 Å². The molecular formula is C10H18N2O2S. The summed E-state index contributed by atoms with van der Waals surface area (Å²) in [4.78, 5) is 24.3. The molecule has 1 rings (SSSR count). The van der Waals surface area contributed by atoms with Gasteiger partial charge < -0.3 is 10.6 Å². The molecule has 2 N–H and O–H groups in total. The zero-order valence-electron chi connectivity index (χ0n) is 8.98. The Balaban J connectivity index is 2.67. The van der Waals surface area contributed by atoms with Crippen LogP contribution < -0.4 is 5.73 Å². The van der Waals surface area contributed by atoms with E-state index in [1.807, 2.05) is 0 Å². The quantitative estimate of drug-likeness (QED) is 0.693. The van der Waals surface area contributed by atoms with Crippen molar-refractivity contribution in [2.24, 2.45) is 5.73 Å². The van der Waals surface area contributed by atoms with Crippen molar-refractivity contribution in [1.82, 2.24) is 4.90 Å². The highest BCUT2D eigenvalue weighted by molar-refractivity contribution is 7.81. The molecule has 0 aromatic rings. The van der Waals surface area contributed by atoms with E-state index < -0.39 is 5.91 Å². The summed E-state index contributed by atoms with van der Waals surface area (Å²) in [6.07, 6.45) is 4.18. The van der Waals surface area contributed by atoms with Crippen molar-refractivity contribution in [3.8, 4) is 0 Å². The van der Waals surface area contributed by atoms with Gasteiger partial charge in [0.25, 0.3) is 0 Å². The summed E-state index contributed by atoms with van der Waals surface area (Å²) in [7, 11) is 0. The smallest absolute Gasteiger partial charge is 0.237 e. The number of nitrogens with two attached hydrogens (primary N) is 1. The molecule has 15 heavy (non-hydrogen) atoms. The molecule has 0 saturated heterocycles.